The summed E-state index contributed by atoms with van der Waals surface area (Å²) in [4.78, 5) is 11.9. The summed E-state index contributed by atoms with van der Waals surface area (Å²) in [7, 11) is -1.21. The van der Waals surface area contributed by atoms with E-state index in [2.05, 4.69) is 0 Å². The van der Waals surface area contributed by atoms with Crippen molar-refractivity contribution in [2.75, 3.05) is 5.75 Å². The summed E-state index contributed by atoms with van der Waals surface area (Å²) in [5.74, 6) is 0.0101. The normalized spacial score (nSPS) is 12.1. The van der Waals surface area contributed by atoms with Crippen molar-refractivity contribution < 1.29 is 13.4 Å². The van der Waals surface area contributed by atoms with Crippen molar-refractivity contribution in [3.8, 4) is 0 Å². The Hall–Kier alpha value is -1.81. The van der Waals surface area contributed by atoms with Crippen molar-refractivity contribution in [1.82, 2.24) is 0 Å². The van der Waals surface area contributed by atoms with E-state index in [0.29, 0.717) is 5.75 Å². The highest BCUT2D eigenvalue weighted by Gasteiger charge is 2.11. The molecule has 0 aliphatic heterocycles. The molecule has 0 saturated heterocycles. The van der Waals surface area contributed by atoms with Crippen LogP contribution in [0.15, 0.2) is 48.5 Å². The highest BCUT2D eigenvalue weighted by molar-refractivity contribution is 7.84. The maximum absolute atomic E-state index is 12.8. The van der Waals surface area contributed by atoms with Crippen molar-refractivity contribution >= 4 is 16.6 Å². The number of halogens is 1. The quantitative estimate of drug-likeness (QED) is 0.821. The summed E-state index contributed by atoms with van der Waals surface area (Å²) < 4.78 is 24.8. The first-order valence-electron chi connectivity index (χ1n) is 6.70. The molecular formula is C17H17FO2S. The number of carbonyl (C=O) groups is 1. The van der Waals surface area contributed by atoms with Gasteiger partial charge >= 0.3 is 0 Å². The topological polar surface area (TPSA) is 34.1 Å². The maximum Gasteiger partial charge on any atom is 0.149 e. The van der Waals surface area contributed by atoms with Gasteiger partial charge in [-0.15, -0.1) is 0 Å². The van der Waals surface area contributed by atoms with Crippen molar-refractivity contribution in [2.45, 2.75) is 19.1 Å². The van der Waals surface area contributed by atoms with Crippen LogP contribution in [0.1, 0.15) is 16.7 Å². The van der Waals surface area contributed by atoms with Crippen LogP contribution in [0, 0.1) is 12.7 Å². The fraction of sp³-hybridized carbons (Fsp3) is 0.235. The Morgan fingerprint density at radius 2 is 1.76 bits per heavy atom. The van der Waals surface area contributed by atoms with E-state index < -0.39 is 10.8 Å². The van der Waals surface area contributed by atoms with Gasteiger partial charge in [0.25, 0.3) is 0 Å². The van der Waals surface area contributed by atoms with Crippen LogP contribution in [0.3, 0.4) is 0 Å². The number of aryl methyl sites for hydroxylation is 1. The molecule has 0 radical (unpaired) electrons. The van der Waals surface area contributed by atoms with Gasteiger partial charge in [-0.05, 0) is 35.7 Å². The Balaban J connectivity index is 1.89. The fourth-order valence-corrected chi connectivity index (χ4v) is 3.29. The minimum atomic E-state index is -1.21. The van der Waals surface area contributed by atoms with Gasteiger partial charge in [0.1, 0.15) is 11.6 Å². The molecule has 0 fully saturated rings. The van der Waals surface area contributed by atoms with Gasteiger partial charge in [-0.1, -0.05) is 36.4 Å². The Morgan fingerprint density at radius 3 is 2.43 bits per heavy atom. The molecule has 0 aromatic heterocycles. The summed E-state index contributed by atoms with van der Waals surface area (Å²) in [6.07, 6.45) is 0.194. The van der Waals surface area contributed by atoms with Crippen LogP contribution < -0.4 is 0 Å². The molecule has 4 heteroatoms. The van der Waals surface area contributed by atoms with E-state index in [0.717, 1.165) is 16.7 Å². The van der Waals surface area contributed by atoms with Crippen molar-refractivity contribution in [1.29, 1.82) is 0 Å². The first-order valence-corrected chi connectivity index (χ1v) is 8.19. The van der Waals surface area contributed by atoms with Gasteiger partial charge in [-0.25, -0.2) is 4.39 Å². The second-order valence-electron chi connectivity index (χ2n) is 5.00. The van der Waals surface area contributed by atoms with Crippen LogP contribution in [0.5, 0.6) is 0 Å². The molecule has 2 nitrogen and oxygen atoms in total. The largest absolute Gasteiger partial charge is 0.298 e. The average molecular weight is 304 g/mol. The number of Topliss-reactive ketones (excluding diaryl/α,β-unsaturated/α-hetero) is 1. The average Bonchev–Trinajstić information content (AvgIpc) is 2.44. The first kappa shape index (κ1) is 15.6. The summed E-state index contributed by atoms with van der Waals surface area (Å²) in [5.41, 5.74) is 2.83. The highest BCUT2D eigenvalue weighted by atomic mass is 32.2. The molecule has 0 amide bonds. The van der Waals surface area contributed by atoms with E-state index in [-0.39, 0.29) is 23.8 Å². The lowest BCUT2D eigenvalue weighted by Gasteiger charge is -2.05. The zero-order valence-electron chi connectivity index (χ0n) is 11.8. The predicted octanol–water partition coefficient (Wildman–Crippen LogP) is 3.19. The fourth-order valence-electron chi connectivity index (χ4n) is 2.06. The molecule has 0 saturated carbocycles. The molecular weight excluding hydrogens is 287 g/mol. The number of ketones is 1. The van der Waals surface area contributed by atoms with Crippen LogP contribution in [-0.2, 0) is 27.8 Å². The highest BCUT2D eigenvalue weighted by Crippen LogP contribution is 2.10. The van der Waals surface area contributed by atoms with E-state index in [1.54, 1.807) is 12.1 Å². The standard InChI is InChI=1S/C17H17FO2S/c1-13-4-2-3-5-15(13)11-21(20)12-17(19)10-14-6-8-16(18)9-7-14/h2-9H,10-12H2,1H3. The van der Waals surface area contributed by atoms with Gasteiger partial charge in [0.2, 0.25) is 0 Å². The zero-order valence-corrected chi connectivity index (χ0v) is 12.7. The third-order valence-electron chi connectivity index (χ3n) is 3.21. The molecule has 110 valence electrons. The number of hydrogen-bond donors (Lipinski definition) is 0. The summed E-state index contributed by atoms with van der Waals surface area (Å²) in [5, 5.41) is 0. The lowest BCUT2D eigenvalue weighted by molar-refractivity contribution is -0.116. The first-order chi connectivity index (χ1) is 10.0. The Kier molecular flexibility index (Phi) is 5.39. The van der Waals surface area contributed by atoms with E-state index in [1.165, 1.54) is 12.1 Å². The third-order valence-corrected chi connectivity index (χ3v) is 4.49. The molecule has 2 rings (SSSR count). The lowest BCUT2D eigenvalue weighted by atomic mass is 10.1. The number of rotatable bonds is 6. The lowest BCUT2D eigenvalue weighted by Crippen LogP contribution is -2.14. The van der Waals surface area contributed by atoms with Gasteiger partial charge in [-0.3, -0.25) is 9.00 Å². The molecule has 2 aromatic carbocycles. The number of hydrogen-bond acceptors (Lipinski definition) is 2. The van der Waals surface area contributed by atoms with E-state index in [1.807, 2.05) is 31.2 Å². The molecule has 0 N–H and O–H groups in total. The van der Waals surface area contributed by atoms with Crippen LogP contribution in [0.25, 0.3) is 0 Å². The third kappa shape index (κ3) is 4.90. The summed E-state index contributed by atoms with van der Waals surface area (Å²) in [6.45, 7) is 1.97. The van der Waals surface area contributed by atoms with Crippen LogP contribution in [0.4, 0.5) is 4.39 Å². The molecule has 0 spiro atoms. The van der Waals surface area contributed by atoms with Crippen LogP contribution in [-0.4, -0.2) is 15.7 Å². The number of benzene rings is 2. The smallest absolute Gasteiger partial charge is 0.149 e. The Morgan fingerprint density at radius 1 is 1.10 bits per heavy atom. The number of carbonyl (C=O) groups excluding carboxylic acids is 1. The molecule has 0 aliphatic carbocycles. The van der Waals surface area contributed by atoms with Gasteiger partial charge in [-0.2, -0.15) is 0 Å². The van der Waals surface area contributed by atoms with E-state index >= 15 is 0 Å². The van der Waals surface area contributed by atoms with Crippen molar-refractivity contribution in [3.63, 3.8) is 0 Å². The van der Waals surface area contributed by atoms with Crippen molar-refractivity contribution in [2.24, 2.45) is 0 Å². The molecule has 0 aliphatic rings. The van der Waals surface area contributed by atoms with Crippen molar-refractivity contribution in [3.05, 3.63) is 71.0 Å². The molecule has 0 bridgehead atoms. The second-order valence-corrected chi connectivity index (χ2v) is 6.45. The predicted molar refractivity (Wildman–Crippen MR) is 83.0 cm³/mol. The van der Waals surface area contributed by atoms with Gasteiger partial charge in [0, 0.05) is 23.0 Å². The molecule has 0 heterocycles. The second kappa shape index (κ2) is 7.27. The summed E-state index contributed by atoms with van der Waals surface area (Å²) in [6, 6.07) is 13.5. The van der Waals surface area contributed by atoms with Gasteiger partial charge in [0.15, 0.2) is 0 Å². The minimum Gasteiger partial charge on any atom is -0.298 e. The zero-order chi connectivity index (χ0) is 15.2. The Labute approximate surface area is 126 Å². The Bertz CT molecular complexity index is 650. The molecule has 1 unspecified atom stereocenters. The van der Waals surface area contributed by atoms with Gasteiger partial charge < -0.3 is 0 Å². The molecule has 2 aromatic rings. The molecule has 1 atom stereocenters. The summed E-state index contributed by atoms with van der Waals surface area (Å²) >= 11 is 0. The molecule has 21 heavy (non-hydrogen) atoms. The maximum atomic E-state index is 12.8. The van der Waals surface area contributed by atoms with Gasteiger partial charge in [0.05, 0.1) is 5.75 Å². The minimum absolute atomic E-state index is 0.0334. The SMILES string of the molecule is Cc1ccccc1CS(=O)CC(=O)Cc1ccc(F)cc1. The van der Waals surface area contributed by atoms with E-state index in [4.69, 9.17) is 0 Å². The monoisotopic (exact) mass is 304 g/mol. The van der Waals surface area contributed by atoms with Crippen LogP contribution >= 0.6 is 0 Å². The van der Waals surface area contributed by atoms with Crippen LogP contribution in [0.2, 0.25) is 0 Å². The van der Waals surface area contributed by atoms with E-state index in [9.17, 15) is 13.4 Å².